The maximum Gasteiger partial charge on any atom is 0.315 e. The van der Waals surface area contributed by atoms with Crippen LogP contribution in [0.5, 0.6) is 5.75 Å². The zero-order valence-corrected chi connectivity index (χ0v) is 12.8. The SMILES string of the molecule is CC(CCCO)NC(=O)NC1CCCOc2c(F)cccc21. The van der Waals surface area contributed by atoms with Gasteiger partial charge in [-0.3, -0.25) is 0 Å². The van der Waals surface area contributed by atoms with Crippen molar-refractivity contribution in [3.8, 4) is 5.75 Å². The van der Waals surface area contributed by atoms with E-state index in [9.17, 15) is 9.18 Å². The van der Waals surface area contributed by atoms with Crippen LogP contribution in [-0.4, -0.2) is 30.4 Å². The van der Waals surface area contributed by atoms with Crippen LogP contribution < -0.4 is 15.4 Å². The summed E-state index contributed by atoms with van der Waals surface area (Å²) < 4.78 is 19.3. The summed E-state index contributed by atoms with van der Waals surface area (Å²) in [5, 5.41) is 14.5. The minimum Gasteiger partial charge on any atom is -0.490 e. The van der Waals surface area contributed by atoms with Crippen LogP contribution in [-0.2, 0) is 0 Å². The second-order valence-electron chi connectivity index (χ2n) is 5.59. The second kappa shape index (κ2) is 7.98. The van der Waals surface area contributed by atoms with E-state index in [-0.39, 0.29) is 30.5 Å². The first-order chi connectivity index (χ1) is 10.6. The third-order valence-electron chi connectivity index (χ3n) is 3.73. The molecule has 1 aliphatic rings. The standard InChI is InChI=1S/C16H23FN2O3/c1-11(5-3-9-20)18-16(21)19-14-8-4-10-22-15-12(14)6-2-7-13(15)17/h2,6-7,11,14,20H,3-5,8-10H2,1H3,(H2,18,19,21). The van der Waals surface area contributed by atoms with E-state index in [0.717, 1.165) is 6.42 Å². The largest absolute Gasteiger partial charge is 0.490 e. The molecular formula is C16H23FN2O3. The van der Waals surface area contributed by atoms with Gasteiger partial charge in [0.15, 0.2) is 11.6 Å². The molecule has 0 bridgehead atoms. The predicted molar refractivity (Wildman–Crippen MR) is 81.3 cm³/mol. The van der Waals surface area contributed by atoms with Crippen molar-refractivity contribution in [2.24, 2.45) is 0 Å². The monoisotopic (exact) mass is 310 g/mol. The number of aliphatic hydroxyl groups is 1. The van der Waals surface area contributed by atoms with Crippen LogP contribution in [0.1, 0.15) is 44.2 Å². The Morgan fingerprint density at radius 3 is 3.14 bits per heavy atom. The quantitative estimate of drug-likeness (QED) is 0.782. The number of rotatable bonds is 5. The van der Waals surface area contributed by atoms with Gasteiger partial charge in [-0.2, -0.15) is 0 Å². The smallest absolute Gasteiger partial charge is 0.315 e. The molecule has 122 valence electrons. The molecule has 2 unspecified atom stereocenters. The van der Waals surface area contributed by atoms with Crippen LogP contribution in [0.3, 0.4) is 0 Å². The van der Waals surface area contributed by atoms with E-state index < -0.39 is 5.82 Å². The fraction of sp³-hybridized carbons (Fsp3) is 0.562. The minimum atomic E-state index is -0.400. The number of carbonyl (C=O) groups excluding carboxylic acids is 1. The van der Waals surface area contributed by atoms with Gasteiger partial charge in [0.25, 0.3) is 0 Å². The number of hydrogen-bond donors (Lipinski definition) is 3. The van der Waals surface area contributed by atoms with Crippen LogP contribution in [0.4, 0.5) is 9.18 Å². The number of halogens is 1. The highest BCUT2D eigenvalue weighted by atomic mass is 19.1. The Bertz CT molecular complexity index is 510. The molecule has 1 aromatic rings. The third-order valence-corrected chi connectivity index (χ3v) is 3.73. The lowest BCUT2D eigenvalue weighted by Crippen LogP contribution is -2.42. The molecule has 0 aromatic heterocycles. The Balaban J connectivity index is 2.00. The summed E-state index contributed by atoms with van der Waals surface area (Å²) in [6.45, 7) is 2.44. The van der Waals surface area contributed by atoms with Crippen LogP contribution >= 0.6 is 0 Å². The van der Waals surface area contributed by atoms with Gasteiger partial charge in [-0.15, -0.1) is 0 Å². The lowest BCUT2D eigenvalue weighted by atomic mass is 10.0. The number of hydrogen-bond acceptors (Lipinski definition) is 3. The fourth-order valence-electron chi connectivity index (χ4n) is 2.61. The predicted octanol–water partition coefficient (Wildman–Crippen LogP) is 2.50. The van der Waals surface area contributed by atoms with Crippen molar-refractivity contribution in [2.45, 2.75) is 44.7 Å². The minimum absolute atomic E-state index is 0.0267. The zero-order valence-electron chi connectivity index (χ0n) is 12.8. The summed E-state index contributed by atoms with van der Waals surface area (Å²) in [4.78, 5) is 12.1. The summed E-state index contributed by atoms with van der Waals surface area (Å²) in [5.41, 5.74) is 0.677. The molecular weight excluding hydrogens is 287 g/mol. The summed E-state index contributed by atoms with van der Waals surface area (Å²) in [7, 11) is 0. The van der Waals surface area contributed by atoms with Crippen molar-refractivity contribution < 1.29 is 19.0 Å². The van der Waals surface area contributed by atoms with Gasteiger partial charge < -0.3 is 20.5 Å². The highest BCUT2D eigenvalue weighted by Crippen LogP contribution is 2.33. The van der Waals surface area contributed by atoms with Gasteiger partial charge in [0.2, 0.25) is 0 Å². The molecule has 0 radical (unpaired) electrons. The lowest BCUT2D eigenvalue weighted by Gasteiger charge is -2.21. The van der Waals surface area contributed by atoms with Gasteiger partial charge in [-0.25, -0.2) is 9.18 Å². The van der Waals surface area contributed by atoms with Gasteiger partial charge in [0, 0.05) is 18.2 Å². The first-order valence-electron chi connectivity index (χ1n) is 7.71. The normalized spacial score (nSPS) is 18.6. The summed E-state index contributed by atoms with van der Waals surface area (Å²) in [5.74, 6) is -0.165. The molecule has 1 heterocycles. The molecule has 6 heteroatoms. The Labute approximate surface area is 129 Å². The van der Waals surface area contributed by atoms with E-state index in [1.54, 1.807) is 12.1 Å². The highest BCUT2D eigenvalue weighted by molar-refractivity contribution is 5.75. The van der Waals surface area contributed by atoms with Crippen LogP contribution in [0.15, 0.2) is 18.2 Å². The van der Waals surface area contributed by atoms with E-state index in [1.807, 2.05) is 6.92 Å². The molecule has 0 aliphatic carbocycles. The molecule has 1 aromatic carbocycles. The highest BCUT2D eigenvalue weighted by Gasteiger charge is 2.24. The molecule has 3 N–H and O–H groups in total. The van der Waals surface area contributed by atoms with Crippen molar-refractivity contribution in [1.29, 1.82) is 0 Å². The number of para-hydroxylation sites is 1. The van der Waals surface area contributed by atoms with Gasteiger partial charge in [-0.05, 0) is 38.7 Å². The van der Waals surface area contributed by atoms with Crippen molar-refractivity contribution in [3.63, 3.8) is 0 Å². The molecule has 0 fully saturated rings. The average molecular weight is 310 g/mol. The number of amides is 2. The maximum absolute atomic E-state index is 13.8. The first-order valence-corrected chi connectivity index (χ1v) is 7.71. The van der Waals surface area contributed by atoms with Crippen molar-refractivity contribution in [2.75, 3.05) is 13.2 Å². The number of benzene rings is 1. The Hall–Kier alpha value is -1.82. The van der Waals surface area contributed by atoms with Gasteiger partial charge in [0.1, 0.15) is 0 Å². The Kier molecular flexibility index (Phi) is 6.00. The fourth-order valence-corrected chi connectivity index (χ4v) is 2.61. The lowest BCUT2D eigenvalue weighted by molar-refractivity contribution is 0.230. The topological polar surface area (TPSA) is 70.6 Å². The van der Waals surface area contributed by atoms with E-state index in [2.05, 4.69) is 10.6 Å². The summed E-state index contributed by atoms with van der Waals surface area (Å²) in [6, 6.07) is 4.19. The van der Waals surface area contributed by atoms with E-state index in [0.29, 0.717) is 31.4 Å². The van der Waals surface area contributed by atoms with Gasteiger partial charge in [-0.1, -0.05) is 12.1 Å². The van der Waals surface area contributed by atoms with Crippen molar-refractivity contribution >= 4 is 6.03 Å². The number of nitrogens with one attached hydrogen (secondary N) is 2. The molecule has 2 atom stereocenters. The van der Waals surface area contributed by atoms with E-state index in [4.69, 9.17) is 9.84 Å². The molecule has 22 heavy (non-hydrogen) atoms. The van der Waals surface area contributed by atoms with E-state index >= 15 is 0 Å². The number of ether oxygens (including phenoxy) is 1. The average Bonchev–Trinajstić information content (AvgIpc) is 2.69. The van der Waals surface area contributed by atoms with Crippen LogP contribution in [0.25, 0.3) is 0 Å². The zero-order chi connectivity index (χ0) is 15.9. The molecule has 1 aliphatic heterocycles. The van der Waals surface area contributed by atoms with Crippen molar-refractivity contribution in [3.05, 3.63) is 29.6 Å². The van der Waals surface area contributed by atoms with Gasteiger partial charge >= 0.3 is 6.03 Å². The second-order valence-corrected chi connectivity index (χ2v) is 5.59. The Morgan fingerprint density at radius 1 is 1.55 bits per heavy atom. The Morgan fingerprint density at radius 2 is 2.36 bits per heavy atom. The molecule has 2 amide bonds. The molecule has 0 spiro atoms. The number of carbonyl (C=O) groups is 1. The van der Waals surface area contributed by atoms with Crippen molar-refractivity contribution in [1.82, 2.24) is 10.6 Å². The van der Waals surface area contributed by atoms with Gasteiger partial charge in [0.05, 0.1) is 12.6 Å². The van der Waals surface area contributed by atoms with Crippen LogP contribution in [0.2, 0.25) is 0 Å². The number of urea groups is 1. The number of aliphatic hydroxyl groups excluding tert-OH is 1. The van der Waals surface area contributed by atoms with E-state index in [1.165, 1.54) is 6.07 Å². The number of fused-ring (bicyclic) bond motifs is 1. The molecule has 0 saturated heterocycles. The summed E-state index contributed by atoms with van der Waals surface area (Å²) in [6.07, 6.45) is 2.81. The first kappa shape index (κ1) is 16.5. The molecule has 5 nitrogen and oxygen atoms in total. The van der Waals surface area contributed by atoms with Crippen LogP contribution in [0, 0.1) is 5.82 Å². The maximum atomic E-state index is 13.8. The molecule has 0 saturated carbocycles. The third kappa shape index (κ3) is 4.34. The summed E-state index contributed by atoms with van der Waals surface area (Å²) >= 11 is 0. The molecule has 2 rings (SSSR count).